The predicted octanol–water partition coefficient (Wildman–Crippen LogP) is 1.48. The summed E-state index contributed by atoms with van der Waals surface area (Å²) in [7, 11) is 0. The van der Waals surface area contributed by atoms with Crippen LogP contribution in [0, 0.1) is 12.8 Å². The number of nitrogens with two attached hydrogens (primary N) is 1. The molecule has 1 aromatic rings. The zero-order valence-corrected chi connectivity index (χ0v) is 8.88. The average Bonchev–Trinajstić information content (AvgIpc) is 2.52. The first kappa shape index (κ1) is 9.65. The SMILES string of the molecule is Cc1nc(C2(N)CCCC(C)C2)n[nH]1. The Morgan fingerprint density at radius 2 is 2.36 bits per heavy atom. The van der Waals surface area contributed by atoms with Crippen LogP contribution in [0.3, 0.4) is 0 Å². The maximum atomic E-state index is 6.34. The highest BCUT2D eigenvalue weighted by Crippen LogP contribution is 2.35. The topological polar surface area (TPSA) is 67.6 Å². The van der Waals surface area contributed by atoms with Crippen LogP contribution in [-0.4, -0.2) is 15.2 Å². The molecule has 3 N–H and O–H groups in total. The first-order chi connectivity index (χ1) is 6.60. The van der Waals surface area contributed by atoms with Crippen molar-refractivity contribution in [2.24, 2.45) is 11.7 Å². The second-order valence-corrected chi connectivity index (χ2v) is 4.60. The fraction of sp³-hybridized carbons (Fsp3) is 0.800. The number of nitrogens with one attached hydrogen (secondary N) is 1. The molecule has 1 saturated carbocycles. The number of hydrogen-bond donors (Lipinski definition) is 2. The third kappa shape index (κ3) is 1.66. The second kappa shape index (κ2) is 3.35. The smallest absolute Gasteiger partial charge is 0.170 e. The van der Waals surface area contributed by atoms with Crippen molar-refractivity contribution in [3.05, 3.63) is 11.6 Å². The molecule has 2 atom stereocenters. The molecule has 0 aliphatic heterocycles. The molecule has 4 nitrogen and oxygen atoms in total. The molecule has 1 fully saturated rings. The van der Waals surface area contributed by atoms with Gasteiger partial charge in [0, 0.05) is 0 Å². The molecular formula is C10H18N4. The molecule has 14 heavy (non-hydrogen) atoms. The van der Waals surface area contributed by atoms with Gasteiger partial charge in [-0.15, -0.1) is 0 Å². The number of aryl methyl sites for hydroxylation is 1. The summed E-state index contributed by atoms with van der Waals surface area (Å²) in [6.07, 6.45) is 4.48. The Morgan fingerprint density at radius 3 is 2.93 bits per heavy atom. The lowest BCUT2D eigenvalue weighted by Gasteiger charge is -2.34. The molecule has 1 aliphatic carbocycles. The van der Waals surface area contributed by atoms with Gasteiger partial charge in [-0.05, 0) is 25.7 Å². The fourth-order valence-corrected chi connectivity index (χ4v) is 2.36. The standard InChI is InChI=1S/C10H18N4/c1-7-4-3-5-10(11,6-7)9-12-8(2)13-14-9/h7H,3-6,11H2,1-2H3,(H,12,13,14). The molecule has 0 radical (unpaired) electrons. The lowest BCUT2D eigenvalue weighted by Crippen LogP contribution is -2.42. The third-order valence-corrected chi connectivity index (χ3v) is 3.08. The van der Waals surface area contributed by atoms with E-state index in [1.807, 2.05) is 6.92 Å². The summed E-state index contributed by atoms with van der Waals surface area (Å²) in [4.78, 5) is 4.35. The van der Waals surface area contributed by atoms with Gasteiger partial charge in [-0.2, -0.15) is 5.10 Å². The quantitative estimate of drug-likeness (QED) is 0.711. The van der Waals surface area contributed by atoms with E-state index in [4.69, 9.17) is 5.73 Å². The zero-order valence-electron chi connectivity index (χ0n) is 8.88. The lowest BCUT2D eigenvalue weighted by atomic mass is 9.76. The minimum atomic E-state index is -0.289. The Kier molecular flexibility index (Phi) is 2.31. The summed E-state index contributed by atoms with van der Waals surface area (Å²) in [5.41, 5.74) is 6.05. The minimum Gasteiger partial charge on any atom is -0.319 e. The number of hydrogen-bond acceptors (Lipinski definition) is 3. The molecule has 0 spiro atoms. The van der Waals surface area contributed by atoms with Crippen molar-refractivity contribution in [2.75, 3.05) is 0 Å². The molecule has 0 amide bonds. The van der Waals surface area contributed by atoms with Crippen molar-refractivity contribution in [3.8, 4) is 0 Å². The highest BCUT2D eigenvalue weighted by molar-refractivity contribution is 5.06. The van der Waals surface area contributed by atoms with E-state index in [9.17, 15) is 0 Å². The van der Waals surface area contributed by atoms with Gasteiger partial charge in [0.05, 0.1) is 5.54 Å². The number of nitrogens with zero attached hydrogens (tertiary/aromatic N) is 2. The van der Waals surface area contributed by atoms with Gasteiger partial charge in [0.15, 0.2) is 5.82 Å². The molecule has 4 heteroatoms. The van der Waals surface area contributed by atoms with E-state index >= 15 is 0 Å². The van der Waals surface area contributed by atoms with Gasteiger partial charge in [-0.3, -0.25) is 5.10 Å². The monoisotopic (exact) mass is 194 g/mol. The molecule has 2 rings (SSSR count). The van der Waals surface area contributed by atoms with Gasteiger partial charge in [0.25, 0.3) is 0 Å². The molecule has 0 saturated heterocycles. The number of rotatable bonds is 1. The Labute approximate surface area is 84.3 Å². The number of H-pyrrole nitrogens is 1. The van der Waals surface area contributed by atoms with Crippen LogP contribution in [0.25, 0.3) is 0 Å². The van der Waals surface area contributed by atoms with Crippen LogP contribution < -0.4 is 5.73 Å². The van der Waals surface area contributed by atoms with Gasteiger partial charge in [-0.1, -0.05) is 19.8 Å². The van der Waals surface area contributed by atoms with Crippen LogP contribution in [0.1, 0.15) is 44.3 Å². The van der Waals surface area contributed by atoms with Gasteiger partial charge in [0.2, 0.25) is 0 Å². The molecule has 0 bridgehead atoms. The molecule has 1 aliphatic rings. The first-order valence-corrected chi connectivity index (χ1v) is 5.28. The van der Waals surface area contributed by atoms with Crippen molar-refractivity contribution in [2.45, 2.75) is 45.1 Å². The summed E-state index contributed by atoms with van der Waals surface area (Å²) >= 11 is 0. The van der Waals surface area contributed by atoms with E-state index in [-0.39, 0.29) is 5.54 Å². The molecule has 1 aromatic heterocycles. The molecule has 78 valence electrons. The van der Waals surface area contributed by atoms with Crippen LogP contribution in [0.4, 0.5) is 0 Å². The summed E-state index contributed by atoms with van der Waals surface area (Å²) in [6.45, 7) is 4.16. The van der Waals surface area contributed by atoms with E-state index in [2.05, 4.69) is 22.1 Å². The van der Waals surface area contributed by atoms with Crippen LogP contribution >= 0.6 is 0 Å². The lowest BCUT2D eigenvalue weighted by molar-refractivity contribution is 0.228. The first-order valence-electron chi connectivity index (χ1n) is 5.28. The van der Waals surface area contributed by atoms with E-state index in [1.165, 1.54) is 12.8 Å². The second-order valence-electron chi connectivity index (χ2n) is 4.60. The Balaban J connectivity index is 2.22. The van der Waals surface area contributed by atoms with Crippen LogP contribution in [0.15, 0.2) is 0 Å². The molecule has 1 heterocycles. The molecule has 0 aromatic carbocycles. The van der Waals surface area contributed by atoms with E-state index in [1.54, 1.807) is 0 Å². The molecule has 2 unspecified atom stereocenters. The van der Waals surface area contributed by atoms with Gasteiger partial charge >= 0.3 is 0 Å². The number of aromatic amines is 1. The third-order valence-electron chi connectivity index (χ3n) is 3.08. The van der Waals surface area contributed by atoms with Gasteiger partial charge in [-0.25, -0.2) is 4.98 Å². The number of aromatic nitrogens is 3. The average molecular weight is 194 g/mol. The van der Waals surface area contributed by atoms with Gasteiger partial charge < -0.3 is 5.73 Å². The summed E-state index contributed by atoms with van der Waals surface area (Å²) in [6, 6.07) is 0. The van der Waals surface area contributed by atoms with Crippen LogP contribution in [0.5, 0.6) is 0 Å². The summed E-state index contributed by atoms with van der Waals surface area (Å²) in [5, 5.41) is 7.05. The highest BCUT2D eigenvalue weighted by atomic mass is 15.2. The summed E-state index contributed by atoms with van der Waals surface area (Å²) < 4.78 is 0. The van der Waals surface area contributed by atoms with Crippen molar-refractivity contribution < 1.29 is 0 Å². The van der Waals surface area contributed by atoms with Crippen molar-refractivity contribution in [3.63, 3.8) is 0 Å². The van der Waals surface area contributed by atoms with E-state index in [0.717, 1.165) is 24.5 Å². The van der Waals surface area contributed by atoms with E-state index < -0.39 is 0 Å². The van der Waals surface area contributed by atoms with Crippen LogP contribution in [0.2, 0.25) is 0 Å². The summed E-state index contributed by atoms with van der Waals surface area (Å²) in [5.74, 6) is 2.33. The molecular weight excluding hydrogens is 176 g/mol. The van der Waals surface area contributed by atoms with Gasteiger partial charge in [0.1, 0.15) is 5.82 Å². The normalized spacial score (nSPS) is 33.2. The van der Waals surface area contributed by atoms with Crippen LogP contribution in [-0.2, 0) is 5.54 Å². The minimum absolute atomic E-state index is 0.289. The largest absolute Gasteiger partial charge is 0.319 e. The van der Waals surface area contributed by atoms with E-state index in [0.29, 0.717) is 5.92 Å². The van der Waals surface area contributed by atoms with Crippen molar-refractivity contribution in [1.29, 1.82) is 0 Å². The Bertz CT molecular complexity index is 320. The van der Waals surface area contributed by atoms with Crippen molar-refractivity contribution >= 4 is 0 Å². The Morgan fingerprint density at radius 1 is 1.57 bits per heavy atom. The fourth-order valence-electron chi connectivity index (χ4n) is 2.36. The Hall–Kier alpha value is -0.900. The van der Waals surface area contributed by atoms with Crippen molar-refractivity contribution in [1.82, 2.24) is 15.2 Å². The zero-order chi connectivity index (χ0) is 10.2. The maximum Gasteiger partial charge on any atom is 0.170 e. The highest BCUT2D eigenvalue weighted by Gasteiger charge is 2.35. The predicted molar refractivity (Wildman–Crippen MR) is 54.6 cm³/mol. The maximum absolute atomic E-state index is 6.34.